The molecule has 0 saturated heterocycles. The van der Waals surface area contributed by atoms with Crippen molar-refractivity contribution in [3.63, 3.8) is 0 Å². The maximum atomic E-state index is 11.7. The lowest BCUT2D eigenvalue weighted by molar-refractivity contribution is -0.121. The summed E-state index contributed by atoms with van der Waals surface area (Å²) in [6, 6.07) is 17.2. The summed E-state index contributed by atoms with van der Waals surface area (Å²) >= 11 is 0. The van der Waals surface area contributed by atoms with Crippen molar-refractivity contribution in [1.29, 1.82) is 0 Å². The van der Waals surface area contributed by atoms with Crippen LogP contribution >= 0.6 is 0 Å². The summed E-state index contributed by atoms with van der Waals surface area (Å²) in [4.78, 5) is 11.7. The fraction of sp³-hybridized carbons (Fsp3) is 0.235. The van der Waals surface area contributed by atoms with Gasteiger partial charge in [0, 0.05) is 13.0 Å². The predicted molar refractivity (Wildman–Crippen MR) is 79.6 cm³/mol. The summed E-state index contributed by atoms with van der Waals surface area (Å²) in [6.45, 7) is 0.642. The van der Waals surface area contributed by atoms with Gasteiger partial charge in [-0.15, -0.1) is 0 Å². The van der Waals surface area contributed by atoms with Crippen molar-refractivity contribution in [3.05, 3.63) is 65.7 Å². The minimum Gasteiger partial charge on any atom is -0.508 e. The first-order valence-corrected chi connectivity index (χ1v) is 6.83. The van der Waals surface area contributed by atoms with E-state index in [1.165, 1.54) is 5.56 Å². The molecule has 1 amide bonds. The first-order valence-electron chi connectivity index (χ1n) is 6.83. The van der Waals surface area contributed by atoms with Crippen molar-refractivity contribution in [1.82, 2.24) is 5.32 Å². The first-order chi connectivity index (χ1) is 9.75. The van der Waals surface area contributed by atoms with Crippen molar-refractivity contribution in [2.75, 3.05) is 6.54 Å². The van der Waals surface area contributed by atoms with Gasteiger partial charge < -0.3 is 10.4 Å². The highest BCUT2D eigenvalue weighted by atomic mass is 16.3. The number of para-hydroxylation sites is 1. The van der Waals surface area contributed by atoms with E-state index < -0.39 is 0 Å². The predicted octanol–water partition coefficient (Wildman–Crippen LogP) is 2.68. The summed E-state index contributed by atoms with van der Waals surface area (Å²) in [6.07, 6.45) is 1.79. The van der Waals surface area contributed by atoms with Crippen LogP contribution in [0.4, 0.5) is 0 Å². The van der Waals surface area contributed by atoms with E-state index in [4.69, 9.17) is 0 Å². The minimum absolute atomic E-state index is 0.0178. The molecule has 0 aromatic heterocycles. The number of phenols is 1. The largest absolute Gasteiger partial charge is 0.508 e. The highest BCUT2D eigenvalue weighted by Gasteiger charge is 2.04. The molecular formula is C17H19NO2. The average Bonchev–Trinajstić information content (AvgIpc) is 2.47. The van der Waals surface area contributed by atoms with E-state index in [-0.39, 0.29) is 11.7 Å². The molecule has 20 heavy (non-hydrogen) atoms. The lowest BCUT2D eigenvalue weighted by Crippen LogP contribution is -2.25. The van der Waals surface area contributed by atoms with Crippen LogP contribution < -0.4 is 5.32 Å². The summed E-state index contributed by atoms with van der Waals surface area (Å²) in [7, 11) is 0. The van der Waals surface area contributed by atoms with E-state index in [1.54, 1.807) is 12.1 Å². The van der Waals surface area contributed by atoms with Gasteiger partial charge in [0.1, 0.15) is 5.75 Å². The van der Waals surface area contributed by atoms with E-state index in [1.807, 2.05) is 42.5 Å². The number of hydrogen-bond acceptors (Lipinski definition) is 2. The molecule has 2 N–H and O–H groups in total. The van der Waals surface area contributed by atoms with Crippen LogP contribution in [0.1, 0.15) is 17.5 Å². The Kier molecular flexibility index (Phi) is 5.18. The van der Waals surface area contributed by atoms with Crippen LogP contribution in [0.15, 0.2) is 54.6 Å². The fourth-order valence-electron chi connectivity index (χ4n) is 2.05. The number of rotatable bonds is 6. The molecule has 0 radical (unpaired) electrons. The van der Waals surface area contributed by atoms with Gasteiger partial charge in [0.2, 0.25) is 5.91 Å². The third kappa shape index (κ3) is 4.43. The van der Waals surface area contributed by atoms with Gasteiger partial charge in [-0.1, -0.05) is 48.5 Å². The van der Waals surface area contributed by atoms with E-state index in [2.05, 4.69) is 5.32 Å². The van der Waals surface area contributed by atoms with E-state index in [9.17, 15) is 9.90 Å². The molecule has 2 aromatic carbocycles. The molecule has 0 saturated carbocycles. The molecule has 0 spiro atoms. The Bertz CT molecular complexity index is 552. The number of nitrogens with one attached hydrogen (secondary N) is 1. The van der Waals surface area contributed by atoms with Gasteiger partial charge in [-0.25, -0.2) is 0 Å². The standard InChI is InChI=1S/C17H19NO2/c19-16-9-5-4-8-15(16)10-11-17(20)18-13-12-14-6-2-1-3-7-14/h1-9,19H,10-13H2,(H,18,20). The fourth-order valence-corrected chi connectivity index (χ4v) is 2.05. The Morgan fingerprint density at radius 3 is 2.40 bits per heavy atom. The average molecular weight is 269 g/mol. The van der Waals surface area contributed by atoms with E-state index in [0.717, 1.165) is 12.0 Å². The number of amides is 1. The Morgan fingerprint density at radius 1 is 0.950 bits per heavy atom. The zero-order chi connectivity index (χ0) is 14.2. The van der Waals surface area contributed by atoms with Gasteiger partial charge in [0.15, 0.2) is 0 Å². The Balaban J connectivity index is 1.70. The lowest BCUT2D eigenvalue weighted by atomic mass is 10.1. The first kappa shape index (κ1) is 14.1. The van der Waals surface area contributed by atoms with Gasteiger partial charge in [-0.05, 0) is 30.0 Å². The molecule has 0 atom stereocenters. The number of carbonyl (C=O) groups is 1. The molecule has 0 aliphatic rings. The summed E-state index contributed by atoms with van der Waals surface area (Å²) in [5.41, 5.74) is 2.03. The summed E-state index contributed by atoms with van der Waals surface area (Å²) in [5.74, 6) is 0.272. The quantitative estimate of drug-likeness (QED) is 0.847. The molecule has 0 unspecified atom stereocenters. The SMILES string of the molecule is O=C(CCc1ccccc1O)NCCc1ccccc1. The Morgan fingerprint density at radius 2 is 1.65 bits per heavy atom. The molecule has 2 rings (SSSR count). The normalized spacial score (nSPS) is 10.2. The zero-order valence-electron chi connectivity index (χ0n) is 11.4. The third-order valence-corrected chi connectivity index (χ3v) is 3.19. The lowest BCUT2D eigenvalue weighted by Gasteiger charge is -2.06. The maximum absolute atomic E-state index is 11.7. The van der Waals surface area contributed by atoms with Gasteiger partial charge in [-0.2, -0.15) is 0 Å². The topological polar surface area (TPSA) is 49.3 Å². The maximum Gasteiger partial charge on any atom is 0.220 e. The Hall–Kier alpha value is -2.29. The minimum atomic E-state index is 0.0178. The van der Waals surface area contributed by atoms with Gasteiger partial charge in [0.25, 0.3) is 0 Å². The van der Waals surface area contributed by atoms with Crippen molar-refractivity contribution in [2.24, 2.45) is 0 Å². The highest BCUT2D eigenvalue weighted by molar-refractivity contribution is 5.76. The molecule has 2 aromatic rings. The van der Waals surface area contributed by atoms with E-state index >= 15 is 0 Å². The van der Waals surface area contributed by atoms with Gasteiger partial charge in [0.05, 0.1) is 0 Å². The molecule has 0 bridgehead atoms. The Labute approximate surface area is 119 Å². The molecule has 0 heterocycles. The molecule has 104 valence electrons. The second-order valence-electron chi connectivity index (χ2n) is 4.71. The second kappa shape index (κ2) is 7.34. The van der Waals surface area contributed by atoms with Crippen LogP contribution in [0, 0.1) is 0 Å². The molecule has 3 nitrogen and oxygen atoms in total. The molecule has 3 heteroatoms. The summed E-state index contributed by atoms with van der Waals surface area (Å²) < 4.78 is 0. The third-order valence-electron chi connectivity index (χ3n) is 3.19. The van der Waals surface area contributed by atoms with E-state index in [0.29, 0.717) is 19.4 Å². The van der Waals surface area contributed by atoms with Crippen LogP contribution in [0.3, 0.4) is 0 Å². The smallest absolute Gasteiger partial charge is 0.220 e. The molecule has 0 aliphatic carbocycles. The van der Waals surface area contributed by atoms with Crippen molar-refractivity contribution in [3.8, 4) is 5.75 Å². The van der Waals surface area contributed by atoms with Gasteiger partial charge >= 0.3 is 0 Å². The number of aromatic hydroxyl groups is 1. The number of aryl methyl sites for hydroxylation is 1. The van der Waals surface area contributed by atoms with Crippen LogP contribution in [0.25, 0.3) is 0 Å². The highest BCUT2D eigenvalue weighted by Crippen LogP contribution is 2.16. The molecule has 0 fully saturated rings. The zero-order valence-corrected chi connectivity index (χ0v) is 11.4. The van der Waals surface area contributed by atoms with Gasteiger partial charge in [-0.3, -0.25) is 4.79 Å². The second-order valence-corrected chi connectivity index (χ2v) is 4.71. The van der Waals surface area contributed by atoms with Crippen LogP contribution in [-0.2, 0) is 17.6 Å². The van der Waals surface area contributed by atoms with Crippen molar-refractivity contribution in [2.45, 2.75) is 19.3 Å². The number of hydrogen-bond donors (Lipinski definition) is 2. The van der Waals surface area contributed by atoms with Crippen LogP contribution in [0.5, 0.6) is 5.75 Å². The monoisotopic (exact) mass is 269 g/mol. The molecule has 0 aliphatic heterocycles. The van der Waals surface area contributed by atoms with Crippen LogP contribution in [-0.4, -0.2) is 17.6 Å². The number of benzene rings is 2. The molecular weight excluding hydrogens is 250 g/mol. The number of carbonyl (C=O) groups excluding carboxylic acids is 1. The summed E-state index contributed by atoms with van der Waals surface area (Å²) in [5, 5.41) is 12.5. The van der Waals surface area contributed by atoms with Crippen LogP contribution in [0.2, 0.25) is 0 Å². The number of phenolic OH excluding ortho intramolecular Hbond substituents is 1. The van der Waals surface area contributed by atoms with Crippen molar-refractivity contribution >= 4 is 5.91 Å². The van der Waals surface area contributed by atoms with Crippen molar-refractivity contribution < 1.29 is 9.90 Å².